The van der Waals surface area contributed by atoms with E-state index in [0.29, 0.717) is 12.8 Å². The number of hydrogen-bond acceptors (Lipinski definition) is 3. The Balaban J connectivity index is 2.42. The standard InChI is InChI=1S/C7H13NO4/c9-5-2-1-3-7(5,12)4-8-6(10)11/h5,8-9,12H,1-4H2,(H,10,11). The number of nitrogens with one attached hydrogen (secondary N) is 1. The second-order valence-electron chi connectivity index (χ2n) is 3.17. The Hall–Kier alpha value is -0.810. The van der Waals surface area contributed by atoms with Crippen LogP contribution in [0.4, 0.5) is 4.79 Å². The third-order valence-electron chi connectivity index (χ3n) is 2.25. The molecule has 1 amide bonds. The summed E-state index contributed by atoms with van der Waals surface area (Å²) in [6, 6.07) is 0. The molecule has 1 aliphatic carbocycles. The molecule has 70 valence electrons. The van der Waals surface area contributed by atoms with E-state index in [4.69, 9.17) is 5.11 Å². The summed E-state index contributed by atoms with van der Waals surface area (Å²) in [6.07, 6.45) is -0.252. The molecule has 5 heteroatoms. The molecule has 0 bridgehead atoms. The molecule has 0 spiro atoms. The fourth-order valence-corrected chi connectivity index (χ4v) is 1.47. The summed E-state index contributed by atoms with van der Waals surface area (Å²) in [7, 11) is 0. The maximum Gasteiger partial charge on any atom is 0.404 e. The van der Waals surface area contributed by atoms with Crippen molar-refractivity contribution in [1.82, 2.24) is 5.32 Å². The zero-order valence-electron chi connectivity index (χ0n) is 6.66. The Labute approximate surface area is 70.0 Å². The zero-order chi connectivity index (χ0) is 9.19. The van der Waals surface area contributed by atoms with Gasteiger partial charge in [-0.1, -0.05) is 0 Å². The van der Waals surface area contributed by atoms with Gasteiger partial charge in [0.05, 0.1) is 12.6 Å². The molecule has 0 aromatic carbocycles. The highest BCUT2D eigenvalue weighted by molar-refractivity contribution is 5.64. The van der Waals surface area contributed by atoms with E-state index in [1.165, 1.54) is 0 Å². The highest BCUT2D eigenvalue weighted by Crippen LogP contribution is 2.29. The van der Waals surface area contributed by atoms with Crippen molar-refractivity contribution in [3.05, 3.63) is 0 Å². The topological polar surface area (TPSA) is 89.8 Å². The minimum atomic E-state index is -1.25. The summed E-state index contributed by atoms with van der Waals surface area (Å²) in [4.78, 5) is 10.1. The van der Waals surface area contributed by atoms with Crippen LogP contribution in [0.15, 0.2) is 0 Å². The van der Waals surface area contributed by atoms with E-state index in [0.717, 1.165) is 6.42 Å². The van der Waals surface area contributed by atoms with Gasteiger partial charge in [-0.3, -0.25) is 0 Å². The average Bonchev–Trinajstić information content (AvgIpc) is 2.30. The first-order valence-electron chi connectivity index (χ1n) is 3.92. The van der Waals surface area contributed by atoms with Crippen LogP contribution in [0.2, 0.25) is 0 Å². The van der Waals surface area contributed by atoms with Crippen molar-refractivity contribution in [1.29, 1.82) is 0 Å². The van der Waals surface area contributed by atoms with Crippen molar-refractivity contribution in [2.45, 2.75) is 31.0 Å². The van der Waals surface area contributed by atoms with Gasteiger partial charge in [0, 0.05) is 0 Å². The molecular weight excluding hydrogens is 162 g/mol. The minimum Gasteiger partial charge on any atom is -0.465 e. The van der Waals surface area contributed by atoms with E-state index in [9.17, 15) is 15.0 Å². The molecule has 0 saturated heterocycles. The quantitative estimate of drug-likeness (QED) is 0.456. The van der Waals surface area contributed by atoms with Gasteiger partial charge < -0.3 is 20.6 Å². The summed E-state index contributed by atoms with van der Waals surface area (Å²) in [6.45, 7) is -0.0938. The number of amides is 1. The normalized spacial score (nSPS) is 35.0. The van der Waals surface area contributed by atoms with E-state index in [1.54, 1.807) is 0 Å². The Morgan fingerprint density at radius 3 is 2.75 bits per heavy atom. The lowest BCUT2D eigenvalue weighted by atomic mass is 10.0. The van der Waals surface area contributed by atoms with E-state index in [-0.39, 0.29) is 6.54 Å². The first-order chi connectivity index (χ1) is 5.54. The molecular formula is C7H13NO4. The number of hydrogen-bond donors (Lipinski definition) is 4. The molecule has 1 saturated carbocycles. The summed E-state index contributed by atoms with van der Waals surface area (Å²) in [5, 5.41) is 29.2. The van der Waals surface area contributed by atoms with Crippen LogP contribution in [0.3, 0.4) is 0 Å². The lowest BCUT2D eigenvalue weighted by Crippen LogP contribution is -2.47. The van der Waals surface area contributed by atoms with Gasteiger partial charge in [0.1, 0.15) is 5.60 Å². The summed E-state index contributed by atoms with van der Waals surface area (Å²) < 4.78 is 0. The monoisotopic (exact) mass is 175 g/mol. The second-order valence-corrected chi connectivity index (χ2v) is 3.17. The maximum absolute atomic E-state index is 10.1. The maximum atomic E-state index is 10.1. The van der Waals surface area contributed by atoms with Crippen LogP contribution in [-0.4, -0.2) is 39.7 Å². The van der Waals surface area contributed by atoms with E-state index in [1.807, 2.05) is 0 Å². The summed E-state index contributed by atoms with van der Waals surface area (Å²) in [5.74, 6) is 0. The molecule has 12 heavy (non-hydrogen) atoms. The van der Waals surface area contributed by atoms with Crippen molar-refractivity contribution in [3.63, 3.8) is 0 Å². The largest absolute Gasteiger partial charge is 0.465 e. The van der Waals surface area contributed by atoms with Crippen molar-refractivity contribution >= 4 is 6.09 Å². The average molecular weight is 175 g/mol. The molecule has 4 N–H and O–H groups in total. The first-order valence-corrected chi connectivity index (χ1v) is 3.92. The fourth-order valence-electron chi connectivity index (χ4n) is 1.47. The Bertz CT molecular complexity index is 184. The predicted molar refractivity (Wildman–Crippen MR) is 40.8 cm³/mol. The van der Waals surface area contributed by atoms with Crippen molar-refractivity contribution < 1.29 is 20.1 Å². The number of carbonyl (C=O) groups is 1. The SMILES string of the molecule is O=C(O)NCC1(O)CCCC1O. The zero-order valence-corrected chi connectivity index (χ0v) is 6.66. The van der Waals surface area contributed by atoms with Crippen molar-refractivity contribution in [2.24, 2.45) is 0 Å². The smallest absolute Gasteiger partial charge is 0.404 e. The van der Waals surface area contributed by atoms with Crippen LogP contribution in [0, 0.1) is 0 Å². The molecule has 0 heterocycles. The molecule has 2 atom stereocenters. The minimum absolute atomic E-state index is 0.0938. The molecule has 2 unspecified atom stereocenters. The van der Waals surface area contributed by atoms with Crippen LogP contribution in [0.25, 0.3) is 0 Å². The van der Waals surface area contributed by atoms with Gasteiger partial charge in [-0.15, -0.1) is 0 Å². The number of carboxylic acid groups (broad SMARTS) is 1. The van der Waals surface area contributed by atoms with Gasteiger partial charge in [0.2, 0.25) is 0 Å². The second kappa shape index (κ2) is 3.28. The predicted octanol–water partition coefficient (Wildman–Crippen LogP) is -0.470. The molecule has 1 aliphatic rings. The Morgan fingerprint density at radius 1 is 1.67 bits per heavy atom. The Kier molecular flexibility index (Phi) is 2.54. The number of aliphatic hydroxyl groups is 2. The highest BCUT2D eigenvalue weighted by Gasteiger charge is 2.40. The fraction of sp³-hybridized carbons (Fsp3) is 0.857. The van der Waals surface area contributed by atoms with Crippen LogP contribution in [0.5, 0.6) is 0 Å². The number of aliphatic hydroxyl groups excluding tert-OH is 1. The summed E-state index contributed by atoms with van der Waals surface area (Å²) >= 11 is 0. The van der Waals surface area contributed by atoms with Crippen molar-refractivity contribution in [2.75, 3.05) is 6.54 Å². The first kappa shape index (κ1) is 9.28. The molecule has 0 radical (unpaired) electrons. The van der Waals surface area contributed by atoms with Gasteiger partial charge in [-0.05, 0) is 19.3 Å². The molecule has 5 nitrogen and oxygen atoms in total. The lowest BCUT2D eigenvalue weighted by Gasteiger charge is -2.25. The van der Waals surface area contributed by atoms with Gasteiger partial charge in [0.15, 0.2) is 0 Å². The van der Waals surface area contributed by atoms with Crippen molar-refractivity contribution in [3.8, 4) is 0 Å². The van der Waals surface area contributed by atoms with Gasteiger partial charge in [-0.2, -0.15) is 0 Å². The molecule has 0 aromatic heterocycles. The third-order valence-corrected chi connectivity index (χ3v) is 2.25. The van der Waals surface area contributed by atoms with E-state index >= 15 is 0 Å². The van der Waals surface area contributed by atoms with E-state index < -0.39 is 17.8 Å². The van der Waals surface area contributed by atoms with Gasteiger partial charge >= 0.3 is 6.09 Å². The van der Waals surface area contributed by atoms with Gasteiger partial charge in [0.25, 0.3) is 0 Å². The lowest BCUT2D eigenvalue weighted by molar-refractivity contribution is -0.0500. The third kappa shape index (κ3) is 1.86. The van der Waals surface area contributed by atoms with E-state index in [2.05, 4.69) is 5.32 Å². The van der Waals surface area contributed by atoms with Crippen LogP contribution in [0.1, 0.15) is 19.3 Å². The Morgan fingerprint density at radius 2 is 2.33 bits per heavy atom. The van der Waals surface area contributed by atoms with Crippen LogP contribution in [-0.2, 0) is 0 Å². The molecule has 1 fully saturated rings. The molecule has 0 aromatic rings. The van der Waals surface area contributed by atoms with Crippen LogP contribution < -0.4 is 5.32 Å². The highest BCUT2D eigenvalue weighted by atomic mass is 16.4. The number of rotatable bonds is 2. The van der Waals surface area contributed by atoms with Crippen LogP contribution >= 0.6 is 0 Å². The van der Waals surface area contributed by atoms with Gasteiger partial charge in [-0.25, -0.2) is 4.79 Å². The molecule has 0 aliphatic heterocycles. The molecule has 1 rings (SSSR count). The summed E-state index contributed by atoms with van der Waals surface area (Å²) in [5.41, 5.74) is -1.25.